The second kappa shape index (κ2) is 14.3. The third-order valence-electron chi connectivity index (χ3n) is 7.46. The fraction of sp³-hybridized carbons (Fsp3) is 0.355. The highest BCUT2D eigenvalue weighted by atomic mass is 32.2. The number of amides is 2. The molecule has 0 bridgehead atoms. The summed E-state index contributed by atoms with van der Waals surface area (Å²) in [7, 11) is -3.76. The van der Waals surface area contributed by atoms with Crippen LogP contribution in [0.25, 0.3) is 11.1 Å². The van der Waals surface area contributed by atoms with E-state index in [9.17, 15) is 38.3 Å². The summed E-state index contributed by atoms with van der Waals surface area (Å²) < 4.78 is 31.6. The van der Waals surface area contributed by atoms with Crippen molar-refractivity contribution in [3.63, 3.8) is 0 Å². The fourth-order valence-electron chi connectivity index (χ4n) is 5.10. The Kier molecular flexibility index (Phi) is 10.6. The van der Waals surface area contributed by atoms with E-state index in [0.717, 1.165) is 60.0 Å². The van der Waals surface area contributed by atoms with Crippen molar-refractivity contribution < 1.29 is 37.9 Å². The zero-order valence-corrected chi connectivity index (χ0v) is 25.0. The standard InChI is InChI=1S/C31H35N3O9S/c1-44(41,42)32-30(36)27-16-13-24(19-29(27)43-26-5-3-2-4-6-26)22-9-7-21(8-10-22)17-18-33(31(37)38)20-28(35)23-11-14-25(15-12-23)34(39)40/h7-16,19,26,28,35H,2-6,17-18,20H2,1H3,(H,32,36)(H,37,38)/t28-/m0/s1. The normalized spacial score (nSPS) is 14.4. The highest BCUT2D eigenvalue weighted by molar-refractivity contribution is 7.89. The molecule has 1 fully saturated rings. The lowest BCUT2D eigenvalue weighted by Crippen LogP contribution is -2.35. The molecule has 3 aromatic carbocycles. The van der Waals surface area contributed by atoms with Gasteiger partial charge in [-0.05, 0) is 78.6 Å². The molecule has 12 nitrogen and oxygen atoms in total. The number of ether oxygens (including phenoxy) is 1. The van der Waals surface area contributed by atoms with Gasteiger partial charge in [-0.2, -0.15) is 0 Å². The summed E-state index contributed by atoms with van der Waals surface area (Å²) in [6, 6.07) is 17.7. The second-order valence-corrected chi connectivity index (χ2v) is 12.6. The van der Waals surface area contributed by atoms with Crippen molar-refractivity contribution in [3.05, 3.63) is 93.5 Å². The summed E-state index contributed by atoms with van der Waals surface area (Å²) in [4.78, 5) is 36.0. The van der Waals surface area contributed by atoms with Crippen LogP contribution in [0.15, 0.2) is 66.7 Å². The van der Waals surface area contributed by atoms with Gasteiger partial charge in [0.1, 0.15) is 5.75 Å². The zero-order chi connectivity index (χ0) is 31.9. The molecule has 3 N–H and O–H groups in total. The summed E-state index contributed by atoms with van der Waals surface area (Å²) >= 11 is 0. The van der Waals surface area contributed by atoms with Crippen LogP contribution < -0.4 is 9.46 Å². The summed E-state index contributed by atoms with van der Waals surface area (Å²) in [5.41, 5.74) is 2.81. The molecule has 0 aliphatic heterocycles. The molecule has 0 saturated heterocycles. The largest absolute Gasteiger partial charge is 0.490 e. The van der Waals surface area contributed by atoms with Gasteiger partial charge in [-0.15, -0.1) is 0 Å². The number of carbonyl (C=O) groups is 2. The predicted molar refractivity (Wildman–Crippen MR) is 163 cm³/mol. The molecule has 0 radical (unpaired) electrons. The van der Waals surface area contributed by atoms with Crippen LogP contribution in [0.5, 0.6) is 5.75 Å². The molecule has 0 spiro atoms. The average molecular weight is 626 g/mol. The van der Waals surface area contributed by atoms with E-state index in [1.54, 1.807) is 18.2 Å². The van der Waals surface area contributed by atoms with Crippen LogP contribution in [0.1, 0.15) is 59.7 Å². The van der Waals surface area contributed by atoms with Gasteiger partial charge in [0.2, 0.25) is 10.0 Å². The van der Waals surface area contributed by atoms with Crippen LogP contribution in [0, 0.1) is 10.1 Å². The molecule has 0 aromatic heterocycles. The first-order chi connectivity index (χ1) is 20.9. The number of hydrogen-bond donors (Lipinski definition) is 3. The van der Waals surface area contributed by atoms with Crippen molar-refractivity contribution >= 4 is 27.7 Å². The van der Waals surface area contributed by atoms with Gasteiger partial charge >= 0.3 is 6.09 Å². The quantitative estimate of drug-likeness (QED) is 0.186. The molecule has 0 unspecified atom stereocenters. The maximum atomic E-state index is 12.7. The van der Waals surface area contributed by atoms with Crippen LogP contribution in [0.3, 0.4) is 0 Å². The minimum absolute atomic E-state index is 0.0673. The van der Waals surface area contributed by atoms with Crippen LogP contribution >= 0.6 is 0 Å². The van der Waals surface area contributed by atoms with Crippen LogP contribution in [-0.4, -0.2) is 65.9 Å². The Labute approximate surface area is 255 Å². The van der Waals surface area contributed by atoms with Gasteiger partial charge in [0.25, 0.3) is 11.6 Å². The Morgan fingerprint density at radius 1 is 1.02 bits per heavy atom. The smallest absolute Gasteiger partial charge is 0.407 e. The Bertz CT molecular complexity index is 1590. The van der Waals surface area contributed by atoms with E-state index in [4.69, 9.17) is 4.74 Å². The van der Waals surface area contributed by atoms with Gasteiger partial charge in [-0.1, -0.05) is 36.8 Å². The lowest BCUT2D eigenvalue weighted by molar-refractivity contribution is -0.384. The van der Waals surface area contributed by atoms with Crippen molar-refractivity contribution in [2.75, 3.05) is 19.3 Å². The summed E-state index contributed by atoms with van der Waals surface area (Å²) in [6.45, 7) is -0.0868. The highest BCUT2D eigenvalue weighted by Crippen LogP contribution is 2.31. The van der Waals surface area contributed by atoms with Gasteiger partial charge in [-0.3, -0.25) is 14.9 Å². The number of benzene rings is 3. The van der Waals surface area contributed by atoms with E-state index in [1.807, 2.05) is 29.0 Å². The van der Waals surface area contributed by atoms with E-state index in [0.29, 0.717) is 17.7 Å². The van der Waals surface area contributed by atoms with E-state index in [1.165, 1.54) is 24.3 Å². The number of aliphatic hydroxyl groups excluding tert-OH is 1. The first-order valence-electron chi connectivity index (χ1n) is 14.2. The molecular formula is C31H35N3O9S. The number of carbonyl (C=O) groups excluding carboxylic acids is 1. The van der Waals surface area contributed by atoms with Gasteiger partial charge in [0.15, 0.2) is 0 Å². The number of rotatable bonds is 12. The number of hydrogen-bond acceptors (Lipinski definition) is 8. The average Bonchev–Trinajstić information content (AvgIpc) is 2.99. The van der Waals surface area contributed by atoms with Crippen molar-refractivity contribution in [1.29, 1.82) is 0 Å². The molecule has 0 heterocycles. The minimum Gasteiger partial charge on any atom is -0.490 e. The number of carboxylic acid groups (broad SMARTS) is 1. The zero-order valence-electron chi connectivity index (χ0n) is 24.2. The molecule has 44 heavy (non-hydrogen) atoms. The minimum atomic E-state index is -3.76. The number of non-ortho nitro benzene ring substituents is 1. The monoisotopic (exact) mass is 625 g/mol. The fourth-order valence-corrected chi connectivity index (χ4v) is 5.54. The van der Waals surface area contributed by atoms with E-state index in [-0.39, 0.29) is 30.4 Å². The molecule has 234 valence electrons. The van der Waals surface area contributed by atoms with Gasteiger partial charge < -0.3 is 19.8 Å². The van der Waals surface area contributed by atoms with Crippen molar-refractivity contribution in [3.8, 4) is 16.9 Å². The van der Waals surface area contributed by atoms with Crippen molar-refractivity contribution in [2.45, 2.75) is 50.7 Å². The second-order valence-electron chi connectivity index (χ2n) is 10.8. The first kappa shape index (κ1) is 32.4. The SMILES string of the molecule is CS(=O)(=O)NC(=O)c1ccc(-c2ccc(CCN(C[C@H](O)c3ccc([N+](=O)[O-])cc3)C(=O)O)cc2)cc1OC1CCCCC1. The topological polar surface area (TPSA) is 176 Å². The molecular weight excluding hydrogens is 590 g/mol. The summed E-state index contributed by atoms with van der Waals surface area (Å²) in [5, 5.41) is 31.1. The number of nitro benzene ring substituents is 1. The Balaban J connectivity index is 1.45. The first-order valence-corrected chi connectivity index (χ1v) is 16.1. The maximum absolute atomic E-state index is 12.7. The Morgan fingerprint density at radius 2 is 1.66 bits per heavy atom. The van der Waals surface area contributed by atoms with Crippen molar-refractivity contribution in [1.82, 2.24) is 9.62 Å². The van der Waals surface area contributed by atoms with E-state index < -0.39 is 33.1 Å². The lowest BCUT2D eigenvalue weighted by atomic mass is 9.97. The summed E-state index contributed by atoms with van der Waals surface area (Å²) in [5.74, 6) is -0.454. The molecule has 2 amide bonds. The number of aliphatic hydroxyl groups is 1. The molecule has 1 saturated carbocycles. The predicted octanol–water partition coefficient (Wildman–Crippen LogP) is 4.92. The molecule has 1 aliphatic rings. The number of nitrogens with one attached hydrogen (secondary N) is 1. The Hall–Kier alpha value is -4.49. The highest BCUT2D eigenvalue weighted by Gasteiger charge is 2.22. The molecule has 1 atom stereocenters. The molecule has 1 aliphatic carbocycles. The van der Waals surface area contributed by atoms with E-state index in [2.05, 4.69) is 0 Å². The maximum Gasteiger partial charge on any atom is 0.407 e. The number of nitro groups is 1. The lowest BCUT2D eigenvalue weighted by Gasteiger charge is -2.24. The van der Waals surface area contributed by atoms with Gasteiger partial charge in [-0.25, -0.2) is 17.9 Å². The van der Waals surface area contributed by atoms with Gasteiger partial charge in [0.05, 0.1) is 35.5 Å². The molecule has 3 aromatic rings. The van der Waals surface area contributed by atoms with E-state index >= 15 is 0 Å². The summed E-state index contributed by atoms with van der Waals surface area (Å²) in [6.07, 6.45) is 3.74. The van der Waals surface area contributed by atoms with Crippen LogP contribution in [0.2, 0.25) is 0 Å². The Morgan fingerprint density at radius 3 is 2.25 bits per heavy atom. The van der Waals surface area contributed by atoms with Crippen molar-refractivity contribution in [2.24, 2.45) is 0 Å². The number of nitrogens with zero attached hydrogens (tertiary/aromatic N) is 2. The van der Waals surface area contributed by atoms with Crippen LogP contribution in [-0.2, 0) is 16.4 Å². The number of sulfonamides is 1. The molecule has 4 rings (SSSR count). The molecule has 13 heteroatoms. The van der Waals surface area contributed by atoms with Crippen LogP contribution in [0.4, 0.5) is 10.5 Å². The third-order valence-corrected chi connectivity index (χ3v) is 8.02. The third kappa shape index (κ3) is 9.01. The van der Waals surface area contributed by atoms with Gasteiger partial charge in [0, 0.05) is 18.7 Å².